The van der Waals surface area contributed by atoms with Gasteiger partial charge in [-0.25, -0.2) is 0 Å². The molecule has 0 radical (unpaired) electrons. The van der Waals surface area contributed by atoms with Crippen molar-refractivity contribution < 1.29 is 4.52 Å². The average molecular weight is 208 g/mol. The lowest BCUT2D eigenvalue weighted by molar-refractivity contribution is 0.314. The van der Waals surface area contributed by atoms with Crippen molar-refractivity contribution in [1.29, 1.82) is 5.26 Å². The molecule has 1 heterocycles. The lowest BCUT2D eigenvalue weighted by atomic mass is 9.88. The summed E-state index contributed by atoms with van der Waals surface area (Å²) in [7, 11) is 0. The molecule has 1 aromatic rings. The van der Waals surface area contributed by atoms with E-state index in [0.29, 0.717) is 18.8 Å². The van der Waals surface area contributed by atoms with Crippen LogP contribution in [-0.2, 0) is 6.54 Å². The highest BCUT2D eigenvalue weighted by atomic mass is 16.5. The molecule has 1 N–H and O–H groups in total. The molecule has 1 rings (SSSR count). The van der Waals surface area contributed by atoms with E-state index in [-0.39, 0.29) is 5.41 Å². The maximum absolute atomic E-state index is 8.50. The second-order valence-corrected chi connectivity index (χ2v) is 4.27. The van der Waals surface area contributed by atoms with Crippen LogP contribution in [0.3, 0.4) is 0 Å². The Hall–Kier alpha value is -1.41. The molecular formula is C10H16N4O. The minimum atomic E-state index is 0.124. The van der Waals surface area contributed by atoms with E-state index in [1.807, 2.05) is 0 Å². The van der Waals surface area contributed by atoms with Crippen molar-refractivity contribution in [2.45, 2.75) is 33.2 Å². The molecule has 15 heavy (non-hydrogen) atoms. The van der Waals surface area contributed by atoms with Crippen LogP contribution in [0.15, 0.2) is 10.9 Å². The van der Waals surface area contributed by atoms with E-state index in [9.17, 15) is 0 Å². The second-order valence-electron chi connectivity index (χ2n) is 4.27. The Balaban J connectivity index is 2.21. The van der Waals surface area contributed by atoms with Crippen molar-refractivity contribution >= 4 is 0 Å². The van der Waals surface area contributed by atoms with E-state index in [0.717, 1.165) is 13.0 Å². The Bertz CT molecular complexity index is 313. The van der Waals surface area contributed by atoms with Crippen molar-refractivity contribution in [3.63, 3.8) is 0 Å². The molecule has 0 saturated carbocycles. The highest BCUT2D eigenvalue weighted by Crippen LogP contribution is 2.20. The summed E-state index contributed by atoms with van der Waals surface area (Å²) in [6.07, 6.45) is 2.80. The minimum Gasteiger partial charge on any atom is -0.343 e. The monoisotopic (exact) mass is 208 g/mol. The molecule has 5 heteroatoms. The van der Waals surface area contributed by atoms with E-state index in [2.05, 4.69) is 39.9 Å². The van der Waals surface area contributed by atoms with Crippen molar-refractivity contribution in [2.75, 3.05) is 6.54 Å². The molecular weight excluding hydrogens is 192 g/mol. The molecule has 0 aliphatic heterocycles. The number of nitrogens with one attached hydrogen (secondary N) is 1. The normalized spacial score (nSPS) is 11.3. The third-order valence-electron chi connectivity index (χ3n) is 2.21. The second kappa shape index (κ2) is 5.47. The average Bonchev–Trinajstić information content (AvgIpc) is 2.67. The first-order chi connectivity index (χ1) is 7.14. The molecule has 82 valence electrons. The number of hydrogen-bond donors (Lipinski definition) is 1. The van der Waals surface area contributed by atoms with E-state index in [4.69, 9.17) is 5.26 Å². The van der Waals surface area contributed by atoms with Crippen LogP contribution in [0.2, 0.25) is 0 Å². The van der Waals surface area contributed by atoms with Crippen LogP contribution in [0, 0.1) is 16.7 Å². The summed E-state index contributed by atoms with van der Waals surface area (Å²) in [5.74, 6) is 0.658. The molecule has 0 fully saturated rings. The van der Waals surface area contributed by atoms with Gasteiger partial charge in [0, 0.05) is 13.0 Å². The number of nitriles is 1. The standard InChI is InChI=1S/C10H16N4O/c1-10(2,4-3-5-11)7-12-6-9-13-8-15-14-9/h8,12H,3-4,6-7H2,1-2H3. The van der Waals surface area contributed by atoms with Gasteiger partial charge in [-0.3, -0.25) is 0 Å². The van der Waals surface area contributed by atoms with Crippen LogP contribution in [0.5, 0.6) is 0 Å². The van der Waals surface area contributed by atoms with Gasteiger partial charge in [-0.15, -0.1) is 0 Å². The Labute approximate surface area is 89.5 Å². The Kier molecular flexibility index (Phi) is 4.25. The number of nitrogens with zero attached hydrogens (tertiary/aromatic N) is 3. The largest absolute Gasteiger partial charge is 0.343 e. The van der Waals surface area contributed by atoms with Gasteiger partial charge < -0.3 is 9.84 Å². The number of rotatable bonds is 6. The zero-order valence-corrected chi connectivity index (χ0v) is 9.16. The SMILES string of the molecule is CC(C)(CCC#N)CNCc1ncon1. The van der Waals surface area contributed by atoms with Crippen LogP contribution in [-0.4, -0.2) is 16.7 Å². The van der Waals surface area contributed by atoms with E-state index < -0.39 is 0 Å². The van der Waals surface area contributed by atoms with E-state index in [1.165, 1.54) is 6.39 Å². The summed E-state index contributed by atoms with van der Waals surface area (Å²) in [6.45, 7) is 5.71. The van der Waals surface area contributed by atoms with Gasteiger partial charge in [0.15, 0.2) is 5.82 Å². The quantitative estimate of drug-likeness (QED) is 0.766. The van der Waals surface area contributed by atoms with Crippen LogP contribution < -0.4 is 5.32 Å². The summed E-state index contributed by atoms with van der Waals surface area (Å²) >= 11 is 0. The van der Waals surface area contributed by atoms with E-state index >= 15 is 0 Å². The van der Waals surface area contributed by atoms with Gasteiger partial charge in [0.05, 0.1) is 12.6 Å². The van der Waals surface area contributed by atoms with Gasteiger partial charge in [0.1, 0.15) is 0 Å². The first kappa shape index (κ1) is 11.7. The summed E-state index contributed by atoms with van der Waals surface area (Å²) in [5, 5.41) is 15.4. The topological polar surface area (TPSA) is 74.7 Å². The van der Waals surface area contributed by atoms with Gasteiger partial charge in [0.2, 0.25) is 6.39 Å². The molecule has 0 aliphatic carbocycles. The van der Waals surface area contributed by atoms with Gasteiger partial charge in [0.25, 0.3) is 0 Å². The zero-order chi connectivity index (χ0) is 11.1. The fourth-order valence-electron chi connectivity index (χ4n) is 1.27. The first-order valence-electron chi connectivity index (χ1n) is 4.97. The van der Waals surface area contributed by atoms with Crippen molar-refractivity contribution in [1.82, 2.24) is 15.5 Å². The fourth-order valence-corrected chi connectivity index (χ4v) is 1.27. The Morgan fingerprint density at radius 2 is 2.40 bits per heavy atom. The summed E-state index contributed by atoms with van der Waals surface area (Å²) in [6, 6.07) is 2.16. The predicted molar refractivity (Wildman–Crippen MR) is 54.6 cm³/mol. The number of aromatic nitrogens is 2. The van der Waals surface area contributed by atoms with Crippen molar-refractivity contribution in [2.24, 2.45) is 5.41 Å². The lowest BCUT2D eigenvalue weighted by Gasteiger charge is -2.23. The van der Waals surface area contributed by atoms with Crippen molar-refractivity contribution in [3.8, 4) is 6.07 Å². The molecule has 5 nitrogen and oxygen atoms in total. The molecule has 0 spiro atoms. The van der Waals surface area contributed by atoms with Crippen LogP contribution in [0.1, 0.15) is 32.5 Å². The van der Waals surface area contributed by atoms with Crippen LogP contribution in [0.25, 0.3) is 0 Å². The smallest absolute Gasteiger partial charge is 0.213 e. The molecule has 0 aromatic carbocycles. The van der Waals surface area contributed by atoms with Gasteiger partial charge in [-0.2, -0.15) is 10.2 Å². The van der Waals surface area contributed by atoms with Crippen LogP contribution in [0.4, 0.5) is 0 Å². The van der Waals surface area contributed by atoms with Crippen LogP contribution >= 0.6 is 0 Å². The minimum absolute atomic E-state index is 0.124. The predicted octanol–water partition coefficient (Wildman–Crippen LogP) is 1.49. The third-order valence-corrected chi connectivity index (χ3v) is 2.21. The Morgan fingerprint density at radius 1 is 1.60 bits per heavy atom. The summed E-state index contributed by atoms with van der Waals surface area (Å²) in [5.41, 5.74) is 0.124. The fraction of sp³-hybridized carbons (Fsp3) is 0.700. The number of hydrogen-bond acceptors (Lipinski definition) is 5. The Morgan fingerprint density at radius 3 is 3.00 bits per heavy atom. The molecule has 0 saturated heterocycles. The molecule has 0 atom stereocenters. The highest BCUT2D eigenvalue weighted by Gasteiger charge is 2.16. The molecule has 0 bridgehead atoms. The maximum Gasteiger partial charge on any atom is 0.213 e. The van der Waals surface area contributed by atoms with Crippen molar-refractivity contribution in [3.05, 3.63) is 12.2 Å². The zero-order valence-electron chi connectivity index (χ0n) is 9.16. The van der Waals surface area contributed by atoms with Gasteiger partial charge in [-0.05, 0) is 11.8 Å². The molecule has 0 unspecified atom stereocenters. The van der Waals surface area contributed by atoms with Gasteiger partial charge in [-0.1, -0.05) is 19.0 Å². The maximum atomic E-state index is 8.50. The van der Waals surface area contributed by atoms with E-state index in [1.54, 1.807) is 0 Å². The third kappa shape index (κ3) is 4.56. The first-order valence-corrected chi connectivity index (χ1v) is 4.97. The molecule has 0 aliphatic rings. The van der Waals surface area contributed by atoms with Gasteiger partial charge >= 0.3 is 0 Å². The summed E-state index contributed by atoms with van der Waals surface area (Å²) in [4.78, 5) is 3.91. The summed E-state index contributed by atoms with van der Waals surface area (Å²) < 4.78 is 4.62. The molecule has 0 amide bonds. The lowest BCUT2D eigenvalue weighted by Crippen LogP contribution is -2.29. The highest BCUT2D eigenvalue weighted by molar-refractivity contribution is 4.81. The molecule has 1 aromatic heterocycles.